The van der Waals surface area contributed by atoms with Gasteiger partial charge in [0.2, 0.25) is 0 Å². The number of benzene rings is 2. The van der Waals surface area contributed by atoms with Gasteiger partial charge < -0.3 is 9.80 Å². The minimum atomic E-state index is -0.213. The summed E-state index contributed by atoms with van der Waals surface area (Å²) in [6.07, 6.45) is 0. The van der Waals surface area contributed by atoms with E-state index in [9.17, 15) is 4.39 Å². The van der Waals surface area contributed by atoms with Gasteiger partial charge in [0, 0.05) is 38.2 Å². The summed E-state index contributed by atoms with van der Waals surface area (Å²) in [4.78, 5) is 4.08. The lowest BCUT2D eigenvalue weighted by atomic mass is 10.2. The van der Waals surface area contributed by atoms with E-state index >= 15 is 0 Å². The molecule has 0 aromatic heterocycles. The Morgan fingerprint density at radius 2 is 1.06 bits per heavy atom. The van der Waals surface area contributed by atoms with Gasteiger partial charge in [0.15, 0.2) is 0 Å². The van der Waals surface area contributed by atoms with Gasteiger partial charge >= 0.3 is 0 Å². The quantitative estimate of drug-likeness (QED) is 0.813. The van der Waals surface area contributed by atoms with E-state index in [1.54, 1.807) is 12.1 Å². The molecule has 2 aromatic carbocycles. The highest BCUT2D eigenvalue weighted by atomic mass is 19.1. The molecule has 0 radical (unpaired) electrons. The maximum atomic E-state index is 12.9. The Morgan fingerprint density at radius 1 is 0.667 bits per heavy atom. The molecule has 0 aliphatic carbocycles. The zero-order valence-corrected chi connectivity index (χ0v) is 10.9. The highest BCUT2D eigenvalue weighted by Gasteiger charge is 2.04. The summed E-state index contributed by atoms with van der Waals surface area (Å²) in [5.41, 5.74) is 3.20. The Labute approximate surface area is 107 Å². The van der Waals surface area contributed by atoms with E-state index in [1.165, 1.54) is 12.1 Å². The predicted molar refractivity (Wildman–Crippen MR) is 75.2 cm³/mol. The maximum Gasteiger partial charge on any atom is 0.123 e. The van der Waals surface area contributed by atoms with Crippen LogP contribution in [-0.2, 0) is 0 Å². The molecule has 0 fully saturated rings. The molecule has 0 spiro atoms. The first-order valence-electron chi connectivity index (χ1n) is 5.84. The maximum absolute atomic E-state index is 12.9. The Kier molecular flexibility index (Phi) is 3.51. The first-order chi connectivity index (χ1) is 8.58. The molecule has 3 heteroatoms. The summed E-state index contributed by atoms with van der Waals surface area (Å²) < 4.78 is 12.9. The summed E-state index contributed by atoms with van der Waals surface area (Å²) in [6.45, 7) is 0. The van der Waals surface area contributed by atoms with Gasteiger partial charge in [0.05, 0.1) is 0 Å². The molecule has 0 atom stereocenters. The van der Waals surface area contributed by atoms with Crippen molar-refractivity contribution < 1.29 is 4.39 Å². The minimum absolute atomic E-state index is 0.213. The van der Waals surface area contributed by atoms with E-state index in [2.05, 4.69) is 29.2 Å². The van der Waals surface area contributed by atoms with E-state index in [4.69, 9.17) is 0 Å². The lowest BCUT2D eigenvalue weighted by molar-refractivity contribution is 0.628. The van der Waals surface area contributed by atoms with Crippen LogP contribution in [0.4, 0.5) is 21.5 Å². The Hall–Kier alpha value is -2.03. The molecule has 2 rings (SSSR count). The fraction of sp³-hybridized carbons (Fsp3) is 0.200. The van der Waals surface area contributed by atoms with Gasteiger partial charge in [-0.15, -0.1) is 0 Å². The van der Waals surface area contributed by atoms with Crippen molar-refractivity contribution in [2.75, 3.05) is 30.9 Å². The molecule has 94 valence electrons. The second kappa shape index (κ2) is 5.08. The summed E-state index contributed by atoms with van der Waals surface area (Å²) in [7, 11) is 6.00. The molecule has 0 aliphatic rings. The van der Waals surface area contributed by atoms with Gasteiger partial charge in [0.25, 0.3) is 0 Å². The molecule has 0 amide bonds. The first kappa shape index (κ1) is 12.4. The van der Waals surface area contributed by atoms with Crippen LogP contribution in [0.3, 0.4) is 0 Å². The molecule has 0 bridgehead atoms. The molecule has 18 heavy (non-hydrogen) atoms. The van der Waals surface area contributed by atoms with Crippen molar-refractivity contribution in [2.24, 2.45) is 0 Å². The SMILES string of the molecule is CN(C)c1ccc(N(C)c2ccc(F)cc2)cc1. The van der Waals surface area contributed by atoms with Crippen LogP contribution < -0.4 is 9.80 Å². The van der Waals surface area contributed by atoms with Gasteiger partial charge in [-0.1, -0.05) is 0 Å². The standard InChI is InChI=1S/C15H17FN2/c1-17(2)13-8-10-15(11-9-13)18(3)14-6-4-12(16)5-7-14/h4-11H,1-3H3. The lowest BCUT2D eigenvalue weighted by Gasteiger charge is -2.21. The van der Waals surface area contributed by atoms with E-state index in [1.807, 2.05) is 26.0 Å². The Bertz CT molecular complexity index is 503. The lowest BCUT2D eigenvalue weighted by Crippen LogP contribution is -2.11. The normalized spacial score (nSPS) is 10.2. The number of halogens is 1. The van der Waals surface area contributed by atoms with Crippen molar-refractivity contribution in [3.63, 3.8) is 0 Å². The van der Waals surface area contributed by atoms with Crippen LogP contribution in [-0.4, -0.2) is 21.1 Å². The Morgan fingerprint density at radius 3 is 1.50 bits per heavy atom. The molecule has 2 nitrogen and oxygen atoms in total. The van der Waals surface area contributed by atoms with Crippen molar-refractivity contribution in [3.05, 3.63) is 54.3 Å². The fourth-order valence-electron chi connectivity index (χ4n) is 1.79. The second-order valence-electron chi connectivity index (χ2n) is 4.45. The highest BCUT2D eigenvalue weighted by Crippen LogP contribution is 2.25. The average Bonchev–Trinajstić information content (AvgIpc) is 2.39. The van der Waals surface area contributed by atoms with Crippen molar-refractivity contribution >= 4 is 17.1 Å². The van der Waals surface area contributed by atoms with E-state index < -0.39 is 0 Å². The average molecular weight is 244 g/mol. The molecule has 0 N–H and O–H groups in total. The van der Waals surface area contributed by atoms with Crippen molar-refractivity contribution in [1.82, 2.24) is 0 Å². The minimum Gasteiger partial charge on any atom is -0.378 e. The van der Waals surface area contributed by atoms with Gasteiger partial charge in [-0.25, -0.2) is 4.39 Å². The number of nitrogens with zero attached hydrogens (tertiary/aromatic N) is 2. The van der Waals surface area contributed by atoms with Crippen LogP contribution in [0.15, 0.2) is 48.5 Å². The van der Waals surface area contributed by atoms with Crippen molar-refractivity contribution in [1.29, 1.82) is 0 Å². The zero-order valence-electron chi connectivity index (χ0n) is 10.9. The van der Waals surface area contributed by atoms with Crippen LogP contribution in [0.5, 0.6) is 0 Å². The summed E-state index contributed by atoms with van der Waals surface area (Å²) in [6, 6.07) is 14.7. The number of hydrogen-bond donors (Lipinski definition) is 0. The smallest absolute Gasteiger partial charge is 0.123 e. The van der Waals surface area contributed by atoms with Gasteiger partial charge in [-0.3, -0.25) is 0 Å². The monoisotopic (exact) mass is 244 g/mol. The molecule has 2 aromatic rings. The third-order valence-electron chi connectivity index (χ3n) is 2.97. The molecule has 0 heterocycles. The van der Waals surface area contributed by atoms with Crippen LogP contribution >= 0.6 is 0 Å². The number of anilines is 3. The van der Waals surface area contributed by atoms with Gasteiger partial charge in [-0.05, 0) is 48.5 Å². The largest absolute Gasteiger partial charge is 0.378 e. The van der Waals surface area contributed by atoms with Gasteiger partial charge in [-0.2, -0.15) is 0 Å². The van der Waals surface area contributed by atoms with Gasteiger partial charge in [0.1, 0.15) is 5.82 Å². The second-order valence-corrected chi connectivity index (χ2v) is 4.45. The first-order valence-corrected chi connectivity index (χ1v) is 5.84. The molecule has 0 saturated carbocycles. The van der Waals surface area contributed by atoms with E-state index in [-0.39, 0.29) is 5.82 Å². The Balaban J connectivity index is 2.23. The third kappa shape index (κ3) is 2.62. The number of rotatable bonds is 3. The summed E-state index contributed by atoms with van der Waals surface area (Å²) in [5.74, 6) is -0.213. The summed E-state index contributed by atoms with van der Waals surface area (Å²) >= 11 is 0. The van der Waals surface area contributed by atoms with E-state index in [0.29, 0.717) is 0 Å². The fourth-order valence-corrected chi connectivity index (χ4v) is 1.79. The zero-order chi connectivity index (χ0) is 13.1. The summed E-state index contributed by atoms with van der Waals surface area (Å²) in [5, 5.41) is 0. The highest BCUT2D eigenvalue weighted by molar-refractivity contribution is 5.64. The molecule has 0 unspecified atom stereocenters. The van der Waals surface area contributed by atoms with Crippen LogP contribution in [0.1, 0.15) is 0 Å². The van der Waals surface area contributed by atoms with Crippen LogP contribution in [0, 0.1) is 5.82 Å². The molecular formula is C15H17FN2. The molecule has 0 saturated heterocycles. The van der Waals surface area contributed by atoms with E-state index in [0.717, 1.165) is 17.1 Å². The van der Waals surface area contributed by atoms with Crippen molar-refractivity contribution in [2.45, 2.75) is 0 Å². The topological polar surface area (TPSA) is 6.48 Å². The van der Waals surface area contributed by atoms with Crippen LogP contribution in [0.2, 0.25) is 0 Å². The molecular weight excluding hydrogens is 227 g/mol. The third-order valence-corrected chi connectivity index (χ3v) is 2.97. The van der Waals surface area contributed by atoms with Crippen molar-refractivity contribution in [3.8, 4) is 0 Å². The molecule has 0 aliphatic heterocycles. The predicted octanol–water partition coefficient (Wildman–Crippen LogP) is 3.66. The number of hydrogen-bond acceptors (Lipinski definition) is 2. The van der Waals surface area contributed by atoms with Crippen LogP contribution in [0.25, 0.3) is 0 Å².